The Morgan fingerprint density at radius 3 is 2.71 bits per heavy atom. The zero-order valence-corrected chi connectivity index (χ0v) is 14.4. The maximum Gasteiger partial charge on any atom is 0.249 e. The lowest BCUT2D eigenvalue weighted by Crippen LogP contribution is -2.59. The monoisotopic (exact) mass is 342 g/mol. The minimum absolute atomic E-state index is 0.337. The third kappa shape index (κ3) is 2.77. The van der Waals surface area contributed by atoms with Crippen LogP contribution in [0.3, 0.4) is 0 Å². The standard InChI is InChI=1S/C19H22N2O2S/c20-18(22)15-10-16(24-12-15)11-21-13-19(6-8-23-9-7-19)17(21)14-4-2-1-3-5-14/h1-5,10,12,17H,6-9,11,13H2,(H2,20,22)/t17-/m0/s1. The van der Waals surface area contributed by atoms with Gasteiger partial charge >= 0.3 is 0 Å². The average Bonchev–Trinajstić information content (AvgIpc) is 3.05. The van der Waals surface area contributed by atoms with Crippen molar-refractivity contribution in [2.24, 2.45) is 11.1 Å². The topological polar surface area (TPSA) is 55.6 Å². The number of likely N-dealkylation sites (tertiary alicyclic amines) is 1. The van der Waals surface area contributed by atoms with E-state index in [-0.39, 0.29) is 5.91 Å². The van der Waals surface area contributed by atoms with Crippen molar-refractivity contribution in [2.45, 2.75) is 25.4 Å². The number of benzene rings is 1. The highest BCUT2D eigenvalue weighted by molar-refractivity contribution is 7.10. The van der Waals surface area contributed by atoms with Gasteiger partial charge < -0.3 is 10.5 Å². The molecule has 2 aromatic rings. The SMILES string of the molecule is NC(=O)c1csc(CN2CC3(CCOCC3)[C@@H]2c2ccccc2)c1. The molecule has 2 fully saturated rings. The van der Waals surface area contributed by atoms with E-state index in [1.807, 2.05) is 11.4 Å². The molecule has 2 N–H and O–H groups in total. The Kier molecular flexibility index (Phi) is 4.16. The molecule has 1 aromatic carbocycles. The van der Waals surface area contributed by atoms with Gasteiger partial charge in [-0.3, -0.25) is 9.69 Å². The van der Waals surface area contributed by atoms with Gasteiger partial charge in [0.25, 0.3) is 0 Å². The van der Waals surface area contributed by atoms with E-state index in [2.05, 4.69) is 35.2 Å². The van der Waals surface area contributed by atoms with E-state index in [9.17, 15) is 4.79 Å². The van der Waals surface area contributed by atoms with Crippen molar-refractivity contribution in [1.82, 2.24) is 4.90 Å². The lowest BCUT2D eigenvalue weighted by atomic mass is 9.64. The molecule has 2 aliphatic heterocycles. The Balaban J connectivity index is 1.57. The number of primary amides is 1. The van der Waals surface area contributed by atoms with Crippen LogP contribution in [0.2, 0.25) is 0 Å². The first-order chi connectivity index (χ1) is 11.7. The largest absolute Gasteiger partial charge is 0.381 e. The molecule has 3 heterocycles. The van der Waals surface area contributed by atoms with Gasteiger partial charge in [0.05, 0.1) is 5.56 Å². The van der Waals surface area contributed by atoms with Crippen LogP contribution in [-0.4, -0.2) is 30.6 Å². The van der Waals surface area contributed by atoms with Crippen molar-refractivity contribution in [3.05, 3.63) is 57.8 Å². The molecule has 2 saturated heterocycles. The highest BCUT2D eigenvalue weighted by Gasteiger charge is 2.53. The highest BCUT2D eigenvalue weighted by Crippen LogP contribution is 2.55. The van der Waals surface area contributed by atoms with Gasteiger partial charge in [-0.15, -0.1) is 11.3 Å². The van der Waals surface area contributed by atoms with Crippen molar-refractivity contribution in [2.75, 3.05) is 19.8 Å². The Labute approximate surface area is 146 Å². The van der Waals surface area contributed by atoms with Crippen LogP contribution in [0, 0.1) is 5.41 Å². The van der Waals surface area contributed by atoms with Gasteiger partial charge in [-0.25, -0.2) is 0 Å². The summed E-state index contributed by atoms with van der Waals surface area (Å²) in [4.78, 5) is 15.0. The van der Waals surface area contributed by atoms with E-state index < -0.39 is 0 Å². The van der Waals surface area contributed by atoms with E-state index in [1.54, 1.807) is 11.3 Å². The second-order valence-electron chi connectivity index (χ2n) is 6.86. The summed E-state index contributed by atoms with van der Waals surface area (Å²) >= 11 is 1.62. The van der Waals surface area contributed by atoms with Crippen LogP contribution >= 0.6 is 11.3 Å². The third-order valence-corrected chi connectivity index (χ3v) is 6.29. The summed E-state index contributed by atoms with van der Waals surface area (Å²) in [5.41, 5.74) is 7.72. The molecule has 0 aliphatic carbocycles. The smallest absolute Gasteiger partial charge is 0.249 e. The normalized spacial score (nSPS) is 23.1. The molecule has 0 radical (unpaired) electrons. The fourth-order valence-electron chi connectivity index (χ4n) is 4.21. The third-order valence-electron chi connectivity index (χ3n) is 5.36. The zero-order valence-electron chi connectivity index (χ0n) is 13.6. The Morgan fingerprint density at radius 2 is 2.04 bits per heavy atom. The first kappa shape index (κ1) is 15.8. The van der Waals surface area contributed by atoms with Crippen LogP contribution in [-0.2, 0) is 11.3 Å². The average molecular weight is 342 g/mol. The van der Waals surface area contributed by atoms with Crippen molar-refractivity contribution in [3.8, 4) is 0 Å². The number of thiophene rings is 1. The minimum Gasteiger partial charge on any atom is -0.381 e. The fourth-order valence-corrected chi connectivity index (χ4v) is 5.10. The fraction of sp³-hybridized carbons (Fsp3) is 0.421. The lowest BCUT2D eigenvalue weighted by molar-refractivity contribution is -0.138. The molecular formula is C19H22N2O2S. The molecule has 1 aromatic heterocycles. The van der Waals surface area contributed by atoms with Crippen molar-refractivity contribution >= 4 is 17.2 Å². The summed E-state index contributed by atoms with van der Waals surface area (Å²) in [5, 5.41) is 1.86. The maximum absolute atomic E-state index is 11.3. The van der Waals surface area contributed by atoms with E-state index in [4.69, 9.17) is 10.5 Å². The van der Waals surface area contributed by atoms with Crippen molar-refractivity contribution < 1.29 is 9.53 Å². The highest BCUT2D eigenvalue weighted by atomic mass is 32.1. The van der Waals surface area contributed by atoms with Crippen LogP contribution in [0.5, 0.6) is 0 Å². The van der Waals surface area contributed by atoms with Gasteiger partial charge in [0.1, 0.15) is 0 Å². The van der Waals surface area contributed by atoms with Crippen LogP contribution < -0.4 is 5.73 Å². The number of ether oxygens (including phenoxy) is 1. The van der Waals surface area contributed by atoms with E-state index in [0.29, 0.717) is 17.0 Å². The number of hydrogen-bond acceptors (Lipinski definition) is 4. The summed E-state index contributed by atoms with van der Waals surface area (Å²) in [6.07, 6.45) is 2.25. The van der Waals surface area contributed by atoms with E-state index in [0.717, 1.165) is 39.1 Å². The van der Waals surface area contributed by atoms with Gasteiger partial charge in [-0.1, -0.05) is 30.3 Å². The predicted molar refractivity (Wildman–Crippen MR) is 94.9 cm³/mol. The number of hydrogen-bond donors (Lipinski definition) is 1. The molecule has 4 rings (SSSR count). The molecule has 1 atom stereocenters. The van der Waals surface area contributed by atoms with E-state index in [1.165, 1.54) is 10.4 Å². The number of nitrogens with two attached hydrogens (primary N) is 1. The summed E-state index contributed by atoms with van der Waals surface area (Å²) < 4.78 is 5.60. The van der Waals surface area contributed by atoms with Gasteiger partial charge in [0.2, 0.25) is 5.91 Å². The Bertz CT molecular complexity index is 722. The first-order valence-electron chi connectivity index (χ1n) is 8.42. The molecule has 1 amide bonds. The summed E-state index contributed by atoms with van der Waals surface area (Å²) in [7, 11) is 0. The summed E-state index contributed by atoms with van der Waals surface area (Å²) in [6, 6.07) is 13.1. The van der Waals surface area contributed by atoms with Gasteiger partial charge in [-0.2, -0.15) is 0 Å². The molecule has 126 valence electrons. The molecule has 1 spiro atoms. The second-order valence-corrected chi connectivity index (χ2v) is 7.85. The number of nitrogens with zero attached hydrogens (tertiary/aromatic N) is 1. The van der Waals surface area contributed by atoms with Crippen LogP contribution in [0.25, 0.3) is 0 Å². The molecule has 0 bridgehead atoms. The van der Waals surface area contributed by atoms with Gasteiger partial charge in [0, 0.05) is 48.0 Å². The van der Waals surface area contributed by atoms with Crippen molar-refractivity contribution in [1.29, 1.82) is 0 Å². The molecular weight excluding hydrogens is 320 g/mol. The number of carbonyl (C=O) groups excluding carboxylic acids is 1. The van der Waals surface area contributed by atoms with Gasteiger partial charge in [-0.05, 0) is 24.5 Å². The molecule has 24 heavy (non-hydrogen) atoms. The summed E-state index contributed by atoms with van der Waals surface area (Å²) in [6.45, 7) is 3.70. The molecule has 5 heteroatoms. The lowest BCUT2D eigenvalue weighted by Gasteiger charge is -2.59. The van der Waals surface area contributed by atoms with Crippen molar-refractivity contribution in [3.63, 3.8) is 0 Å². The van der Waals surface area contributed by atoms with Crippen LogP contribution in [0.4, 0.5) is 0 Å². The molecule has 2 aliphatic rings. The number of carbonyl (C=O) groups is 1. The minimum atomic E-state index is -0.346. The molecule has 0 unspecified atom stereocenters. The summed E-state index contributed by atoms with van der Waals surface area (Å²) in [5.74, 6) is -0.346. The van der Waals surface area contributed by atoms with Gasteiger partial charge in [0.15, 0.2) is 0 Å². The van der Waals surface area contributed by atoms with E-state index >= 15 is 0 Å². The Morgan fingerprint density at radius 1 is 1.29 bits per heavy atom. The van der Waals surface area contributed by atoms with Crippen LogP contribution in [0.15, 0.2) is 41.8 Å². The number of rotatable bonds is 4. The predicted octanol–water partition coefficient (Wildman–Crippen LogP) is 3.20. The second kappa shape index (κ2) is 6.31. The number of amides is 1. The van der Waals surface area contributed by atoms with Crippen LogP contribution in [0.1, 0.15) is 39.7 Å². The molecule has 4 nitrogen and oxygen atoms in total. The zero-order chi connectivity index (χ0) is 16.6. The quantitative estimate of drug-likeness (QED) is 0.928. The maximum atomic E-state index is 11.3. The Hall–Kier alpha value is -1.69. The molecule has 0 saturated carbocycles. The first-order valence-corrected chi connectivity index (χ1v) is 9.30.